The van der Waals surface area contributed by atoms with E-state index in [0.29, 0.717) is 5.92 Å². The molecule has 0 aliphatic heterocycles. The highest BCUT2D eigenvalue weighted by atomic mass is 14.3. The van der Waals surface area contributed by atoms with E-state index < -0.39 is 0 Å². The topological polar surface area (TPSA) is 0 Å². The van der Waals surface area contributed by atoms with Crippen LogP contribution >= 0.6 is 0 Å². The Morgan fingerprint density at radius 3 is 1.63 bits per heavy atom. The van der Waals surface area contributed by atoms with Crippen molar-refractivity contribution in [2.75, 3.05) is 0 Å². The predicted molar refractivity (Wildman–Crippen MR) is 121 cm³/mol. The van der Waals surface area contributed by atoms with Gasteiger partial charge in [-0.25, -0.2) is 0 Å². The molecule has 1 atom stereocenters. The van der Waals surface area contributed by atoms with Crippen molar-refractivity contribution in [2.24, 2.45) is 0 Å². The fourth-order valence-corrected chi connectivity index (χ4v) is 4.17. The largest absolute Gasteiger partial charge is 0.0645 e. The minimum absolute atomic E-state index is 0.123. The molecule has 27 heavy (non-hydrogen) atoms. The summed E-state index contributed by atoms with van der Waals surface area (Å²) in [7, 11) is 0. The van der Waals surface area contributed by atoms with Crippen molar-refractivity contribution in [3.05, 3.63) is 70.3 Å². The third-order valence-corrected chi connectivity index (χ3v) is 5.62. The zero-order chi connectivity index (χ0) is 20.6. The molecule has 0 radical (unpaired) electrons. The Bertz CT molecular complexity index is 756. The average Bonchev–Trinajstić information content (AvgIpc) is 2.53. The molecule has 0 amide bonds. The Morgan fingerprint density at radius 1 is 0.667 bits per heavy atom. The van der Waals surface area contributed by atoms with Crippen LogP contribution in [0.1, 0.15) is 109 Å². The Kier molecular flexibility index (Phi) is 6.00. The molecule has 2 aromatic rings. The van der Waals surface area contributed by atoms with Gasteiger partial charge in [-0.3, -0.25) is 0 Å². The van der Waals surface area contributed by atoms with E-state index >= 15 is 0 Å². The Labute approximate surface area is 168 Å². The van der Waals surface area contributed by atoms with Gasteiger partial charge in [0.1, 0.15) is 0 Å². The van der Waals surface area contributed by atoms with Gasteiger partial charge in [0.25, 0.3) is 0 Å². The molecule has 0 aromatic heterocycles. The minimum atomic E-state index is 0.123. The van der Waals surface area contributed by atoms with E-state index in [-0.39, 0.29) is 16.2 Å². The van der Waals surface area contributed by atoms with E-state index in [0.717, 1.165) is 6.42 Å². The van der Waals surface area contributed by atoms with Gasteiger partial charge in [0.15, 0.2) is 0 Å². The molecule has 2 rings (SSSR count). The van der Waals surface area contributed by atoms with Crippen LogP contribution in [0.2, 0.25) is 0 Å². The van der Waals surface area contributed by atoms with Gasteiger partial charge < -0.3 is 0 Å². The molecule has 0 nitrogen and oxygen atoms in total. The van der Waals surface area contributed by atoms with Crippen LogP contribution in [0.4, 0.5) is 0 Å². The first-order chi connectivity index (χ1) is 12.3. The SMILES string of the molecule is CCC(c1ccc(C(C)(C)C)cc1)c1cccc(C(C)(C)C)c1C(C)(C)C. The van der Waals surface area contributed by atoms with Crippen molar-refractivity contribution in [2.45, 2.75) is 97.8 Å². The van der Waals surface area contributed by atoms with E-state index in [4.69, 9.17) is 0 Å². The highest BCUT2D eigenvalue weighted by Crippen LogP contribution is 2.41. The predicted octanol–water partition coefficient (Wildman–Crippen LogP) is 8.12. The minimum Gasteiger partial charge on any atom is -0.0645 e. The van der Waals surface area contributed by atoms with Crippen LogP contribution < -0.4 is 0 Å². The summed E-state index contributed by atoms with van der Waals surface area (Å²) >= 11 is 0. The van der Waals surface area contributed by atoms with Gasteiger partial charge >= 0.3 is 0 Å². The van der Waals surface area contributed by atoms with Crippen LogP contribution in [0, 0.1) is 0 Å². The van der Waals surface area contributed by atoms with Crippen molar-refractivity contribution < 1.29 is 0 Å². The lowest BCUT2D eigenvalue weighted by Gasteiger charge is -2.34. The molecule has 0 fully saturated rings. The maximum absolute atomic E-state index is 2.36. The summed E-state index contributed by atoms with van der Waals surface area (Å²) in [6.45, 7) is 23.2. The van der Waals surface area contributed by atoms with Gasteiger partial charge in [0.2, 0.25) is 0 Å². The fraction of sp³-hybridized carbons (Fsp3) is 0.556. The summed E-state index contributed by atoms with van der Waals surface area (Å²) in [5.74, 6) is 0.440. The first-order valence-corrected chi connectivity index (χ1v) is 10.5. The van der Waals surface area contributed by atoms with E-state index in [2.05, 4.69) is 112 Å². The molecule has 0 saturated carbocycles. The Balaban J connectivity index is 2.64. The standard InChI is InChI=1S/C27H40/c1-11-21(19-15-17-20(18-16-19)25(2,3)4)22-13-12-14-23(26(5,6)7)24(22)27(8,9)10/h12-18,21H,11H2,1-10H3. The van der Waals surface area contributed by atoms with Crippen LogP contribution in [-0.2, 0) is 16.2 Å². The van der Waals surface area contributed by atoms with Crippen LogP contribution in [0.25, 0.3) is 0 Å². The molecule has 0 N–H and O–H groups in total. The van der Waals surface area contributed by atoms with Gasteiger partial charge in [0, 0.05) is 5.92 Å². The second kappa shape index (κ2) is 7.46. The zero-order valence-electron chi connectivity index (χ0n) is 19.3. The molecule has 1 unspecified atom stereocenters. The molecule has 0 spiro atoms. The molecule has 0 heterocycles. The molecule has 0 heteroatoms. The third-order valence-electron chi connectivity index (χ3n) is 5.62. The van der Waals surface area contributed by atoms with Crippen molar-refractivity contribution in [3.63, 3.8) is 0 Å². The van der Waals surface area contributed by atoms with Gasteiger partial charge in [-0.15, -0.1) is 0 Å². The molecular formula is C27H40. The number of hydrogen-bond acceptors (Lipinski definition) is 0. The van der Waals surface area contributed by atoms with Crippen molar-refractivity contribution in [1.82, 2.24) is 0 Å². The number of benzene rings is 2. The summed E-state index contributed by atoms with van der Waals surface area (Å²) in [6, 6.07) is 16.3. The lowest BCUT2D eigenvalue weighted by Crippen LogP contribution is -2.25. The normalized spacial score (nSPS) is 14.3. The smallest absolute Gasteiger partial charge is 0.00897 e. The summed E-state index contributed by atoms with van der Waals surface area (Å²) < 4.78 is 0. The van der Waals surface area contributed by atoms with Gasteiger partial charge in [0.05, 0.1) is 0 Å². The highest BCUT2D eigenvalue weighted by Gasteiger charge is 2.30. The van der Waals surface area contributed by atoms with Crippen molar-refractivity contribution in [1.29, 1.82) is 0 Å². The number of hydrogen-bond donors (Lipinski definition) is 0. The van der Waals surface area contributed by atoms with E-state index in [9.17, 15) is 0 Å². The molecule has 2 aromatic carbocycles. The third kappa shape index (κ3) is 4.84. The lowest BCUT2D eigenvalue weighted by molar-refractivity contribution is 0.520. The van der Waals surface area contributed by atoms with E-state index in [1.807, 2.05) is 0 Å². The first kappa shape index (κ1) is 21.7. The molecule has 0 bridgehead atoms. The maximum atomic E-state index is 2.36. The molecule has 0 aliphatic carbocycles. The maximum Gasteiger partial charge on any atom is 0.00897 e. The van der Waals surface area contributed by atoms with Crippen LogP contribution in [0.15, 0.2) is 42.5 Å². The van der Waals surface area contributed by atoms with Gasteiger partial charge in [-0.1, -0.05) is 112 Å². The second-order valence-corrected chi connectivity index (χ2v) is 11.1. The molecule has 148 valence electrons. The average molecular weight is 365 g/mol. The Morgan fingerprint density at radius 2 is 1.22 bits per heavy atom. The van der Waals surface area contributed by atoms with Gasteiger partial charge in [-0.05, 0) is 50.5 Å². The monoisotopic (exact) mass is 364 g/mol. The van der Waals surface area contributed by atoms with Crippen LogP contribution in [-0.4, -0.2) is 0 Å². The highest BCUT2D eigenvalue weighted by molar-refractivity contribution is 5.48. The zero-order valence-corrected chi connectivity index (χ0v) is 19.3. The second-order valence-electron chi connectivity index (χ2n) is 11.1. The van der Waals surface area contributed by atoms with E-state index in [1.54, 1.807) is 0 Å². The quantitative estimate of drug-likeness (QED) is 0.516. The molecular weight excluding hydrogens is 324 g/mol. The van der Waals surface area contributed by atoms with Crippen molar-refractivity contribution in [3.8, 4) is 0 Å². The summed E-state index contributed by atoms with van der Waals surface area (Å²) in [5.41, 5.74) is 7.82. The fourth-order valence-electron chi connectivity index (χ4n) is 4.17. The summed E-state index contributed by atoms with van der Waals surface area (Å²) in [4.78, 5) is 0. The van der Waals surface area contributed by atoms with Crippen LogP contribution in [0.3, 0.4) is 0 Å². The van der Waals surface area contributed by atoms with Crippen LogP contribution in [0.5, 0.6) is 0 Å². The summed E-state index contributed by atoms with van der Waals surface area (Å²) in [6.07, 6.45) is 1.12. The number of rotatable bonds is 3. The first-order valence-electron chi connectivity index (χ1n) is 10.5. The molecule has 0 aliphatic rings. The molecule has 0 saturated heterocycles. The Hall–Kier alpha value is -1.56. The van der Waals surface area contributed by atoms with Crippen molar-refractivity contribution >= 4 is 0 Å². The van der Waals surface area contributed by atoms with E-state index in [1.165, 1.54) is 27.8 Å². The summed E-state index contributed by atoms with van der Waals surface area (Å²) in [5, 5.41) is 0. The lowest BCUT2D eigenvalue weighted by atomic mass is 9.70. The van der Waals surface area contributed by atoms with Gasteiger partial charge in [-0.2, -0.15) is 0 Å².